The molecule has 0 aliphatic carbocycles. The number of rotatable bonds is 8. The van der Waals surface area contributed by atoms with Gasteiger partial charge in [0.15, 0.2) is 0 Å². The number of carbonyl (C=O) groups is 1. The molecule has 0 heterocycles. The van der Waals surface area contributed by atoms with E-state index in [1.807, 2.05) is 0 Å². The van der Waals surface area contributed by atoms with Gasteiger partial charge in [0, 0.05) is 19.2 Å². The van der Waals surface area contributed by atoms with E-state index in [1.165, 1.54) is 12.1 Å². The second kappa shape index (κ2) is 7.99. The van der Waals surface area contributed by atoms with E-state index in [9.17, 15) is 9.18 Å². The molecule has 0 aliphatic rings. The lowest BCUT2D eigenvalue weighted by Crippen LogP contribution is -2.20. The molecule has 0 spiro atoms. The molecule has 0 aromatic heterocycles. The van der Waals surface area contributed by atoms with Gasteiger partial charge in [0.1, 0.15) is 18.2 Å². The van der Waals surface area contributed by atoms with Gasteiger partial charge in [0.2, 0.25) is 6.41 Å². The lowest BCUT2D eigenvalue weighted by molar-refractivity contribution is -0.105. The third-order valence-corrected chi connectivity index (χ3v) is 3.03. The van der Waals surface area contributed by atoms with Crippen LogP contribution < -0.4 is 21.1 Å². The molecule has 0 aliphatic heterocycles. The van der Waals surface area contributed by atoms with Gasteiger partial charge in [-0.05, 0) is 29.8 Å². The number of nitrogen functional groups attached to an aromatic ring is 1. The zero-order chi connectivity index (χ0) is 15.8. The molecular formula is C16H18FN3O2. The zero-order valence-corrected chi connectivity index (χ0v) is 12.0. The van der Waals surface area contributed by atoms with E-state index in [4.69, 9.17) is 10.5 Å². The maximum atomic E-state index is 12.8. The lowest BCUT2D eigenvalue weighted by Gasteiger charge is -2.10. The van der Waals surface area contributed by atoms with Crippen LogP contribution in [0.4, 0.5) is 15.8 Å². The highest BCUT2D eigenvalue weighted by atomic mass is 19.1. The third kappa shape index (κ3) is 4.75. The monoisotopic (exact) mass is 303 g/mol. The summed E-state index contributed by atoms with van der Waals surface area (Å²) < 4.78 is 18.3. The molecule has 1 amide bonds. The summed E-state index contributed by atoms with van der Waals surface area (Å²) in [5.41, 5.74) is 7.79. The predicted molar refractivity (Wildman–Crippen MR) is 84.1 cm³/mol. The van der Waals surface area contributed by atoms with E-state index in [-0.39, 0.29) is 5.82 Å². The number of nitrogens with two attached hydrogens (primary N) is 1. The Bertz CT molecular complexity index is 617. The summed E-state index contributed by atoms with van der Waals surface area (Å²) >= 11 is 0. The molecule has 0 unspecified atom stereocenters. The Kier molecular flexibility index (Phi) is 5.73. The van der Waals surface area contributed by atoms with Crippen LogP contribution in [0, 0.1) is 5.82 Å². The molecule has 0 radical (unpaired) electrons. The molecule has 2 aromatic rings. The number of amides is 1. The highest BCUT2D eigenvalue weighted by Crippen LogP contribution is 2.23. The van der Waals surface area contributed by atoms with Gasteiger partial charge in [-0.1, -0.05) is 12.1 Å². The van der Waals surface area contributed by atoms with E-state index >= 15 is 0 Å². The van der Waals surface area contributed by atoms with Crippen LogP contribution in [0.5, 0.6) is 5.75 Å². The summed E-state index contributed by atoms with van der Waals surface area (Å²) in [4.78, 5) is 10.4. The van der Waals surface area contributed by atoms with E-state index in [1.54, 1.807) is 30.3 Å². The Morgan fingerprint density at radius 1 is 1.18 bits per heavy atom. The first kappa shape index (κ1) is 15.8. The maximum Gasteiger partial charge on any atom is 0.211 e. The van der Waals surface area contributed by atoms with Crippen molar-refractivity contribution < 1.29 is 13.9 Å². The molecule has 0 saturated carbocycles. The molecule has 0 bridgehead atoms. The molecule has 22 heavy (non-hydrogen) atoms. The first-order valence-electron chi connectivity index (χ1n) is 6.86. The SMILES string of the molecule is Nc1cc(OCCNCc2ccc(F)cc2)ccc1NC=O. The van der Waals surface area contributed by atoms with Crippen LogP contribution in [-0.4, -0.2) is 19.6 Å². The fourth-order valence-electron chi connectivity index (χ4n) is 1.90. The van der Waals surface area contributed by atoms with Crippen molar-refractivity contribution in [1.29, 1.82) is 0 Å². The van der Waals surface area contributed by atoms with Gasteiger partial charge in [-0.15, -0.1) is 0 Å². The molecule has 0 atom stereocenters. The predicted octanol–water partition coefficient (Wildman–Crippen LogP) is 2.14. The van der Waals surface area contributed by atoms with E-state index in [2.05, 4.69) is 10.6 Å². The van der Waals surface area contributed by atoms with Crippen molar-refractivity contribution >= 4 is 17.8 Å². The van der Waals surface area contributed by atoms with Crippen molar-refractivity contribution in [3.8, 4) is 5.75 Å². The van der Waals surface area contributed by atoms with E-state index in [0.29, 0.717) is 43.2 Å². The normalized spacial score (nSPS) is 10.2. The first-order chi connectivity index (χ1) is 10.7. The van der Waals surface area contributed by atoms with Crippen LogP contribution in [-0.2, 0) is 11.3 Å². The van der Waals surface area contributed by atoms with Gasteiger partial charge in [-0.3, -0.25) is 4.79 Å². The summed E-state index contributed by atoms with van der Waals surface area (Å²) in [5, 5.41) is 5.70. The summed E-state index contributed by atoms with van der Waals surface area (Å²) in [7, 11) is 0. The fourth-order valence-corrected chi connectivity index (χ4v) is 1.90. The second-order valence-corrected chi connectivity index (χ2v) is 4.66. The van der Waals surface area contributed by atoms with Crippen LogP contribution in [0.3, 0.4) is 0 Å². The van der Waals surface area contributed by atoms with Crippen molar-refractivity contribution in [2.75, 3.05) is 24.2 Å². The van der Waals surface area contributed by atoms with Gasteiger partial charge in [0.25, 0.3) is 0 Å². The molecule has 4 N–H and O–H groups in total. The highest BCUT2D eigenvalue weighted by molar-refractivity contribution is 5.80. The Hall–Kier alpha value is -2.60. The summed E-state index contributed by atoms with van der Waals surface area (Å²) in [6, 6.07) is 11.4. The van der Waals surface area contributed by atoms with Gasteiger partial charge in [-0.25, -0.2) is 4.39 Å². The standard InChI is InChI=1S/C16H18FN3O2/c17-13-3-1-12(2-4-13)10-19-7-8-22-14-5-6-16(20-11-21)15(18)9-14/h1-6,9,11,19H,7-8,10,18H2,(H,20,21). The maximum absolute atomic E-state index is 12.8. The van der Waals surface area contributed by atoms with Gasteiger partial charge < -0.3 is 21.1 Å². The van der Waals surface area contributed by atoms with Crippen LogP contribution in [0.2, 0.25) is 0 Å². The quantitative estimate of drug-likeness (QED) is 0.397. The van der Waals surface area contributed by atoms with Crippen LogP contribution in [0.15, 0.2) is 42.5 Å². The highest BCUT2D eigenvalue weighted by Gasteiger charge is 2.01. The average Bonchev–Trinajstić information content (AvgIpc) is 2.51. The van der Waals surface area contributed by atoms with Gasteiger partial charge in [0.05, 0.1) is 11.4 Å². The van der Waals surface area contributed by atoms with Crippen LogP contribution >= 0.6 is 0 Å². The van der Waals surface area contributed by atoms with Crippen molar-refractivity contribution in [1.82, 2.24) is 5.32 Å². The molecule has 6 heteroatoms. The number of halogens is 1. The smallest absolute Gasteiger partial charge is 0.211 e. The third-order valence-electron chi connectivity index (χ3n) is 3.03. The Morgan fingerprint density at radius 2 is 1.95 bits per heavy atom. The largest absolute Gasteiger partial charge is 0.492 e. The zero-order valence-electron chi connectivity index (χ0n) is 12.0. The number of benzene rings is 2. The Labute approximate surface area is 128 Å². The molecule has 2 rings (SSSR count). The minimum Gasteiger partial charge on any atom is -0.492 e. The number of nitrogens with one attached hydrogen (secondary N) is 2. The molecule has 116 valence electrons. The molecular weight excluding hydrogens is 285 g/mol. The lowest BCUT2D eigenvalue weighted by atomic mass is 10.2. The molecule has 5 nitrogen and oxygen atoms in total. The summed E-state index contributed by atoms with van der Waals surface area (Å²) in [5.74, 6) is 0.398. The topological polar surface area (TPSA) is 76.4 Å². The number of carbonyl (C=O) groups excluding carboxylic acids is 1. The Morgan fingerprint density at radius 3 is 2.64 bits per heavy atom. The number of hydrogen-bond donors (Lipinski definition) is 3. The molecule has 0 fully saturated rings. The van der Waals surface area contributed by atoms with Crippen molar-refractivity contribution in [2.45, 2.75) is 6.54 Å². The van der Waals surface area contributed by atoms with Crippen LogP contribution in [0.1, 0.15) is 5.56 Å². The minimum atomic E-state index is -0.239. The number of hydrogen-bond acceptors (Lipinski definition) is 4. The Balaban J connectivity index is 1.71. The van der Waals surface area contributed by atoms with E-state index < -0.39 is 0 Å². The van der Waals surface area contributed by atoms with Crippen molar-refractivity contribution in [3.05, 3.63) is 53.8 Å². The molecule has 0 saturated heterocycles. The second-order valence-electron chi connectivity index (χ2n) is 4.66. The minimum absolute atomic E-state index is 0.239. The van der Waals surface area contributed by atoms with E-state index in [0.717, 1.165) is 5.56 Å². The number of anilines is 2. The summed E-state index contributed by atoms with van der Waals surface area (Å²) in [6.45, 7) is 1.76. The first-order valence-corrected chi connectivity index (χ1v) is 6.86. The number of ether oxygens (including phenoxy) is 1. The van der Waals surface area contributed by atoms with Crippen molar-refractivity contribution in [3.63, 3.8) is 0 Å². The van der Waals surface area contributed by atoms with Gasteiger partial charge >= 0.3 is 0 Å². The van der Waals surface area contributed by atoms with Gasteiger partial charge in [-0.2, -0.15) is 0 Å². The molecule has 2 aromatic carbocycles. The summed E-state index contributed by atoms with van der Waals surface area (Å²) in [6.07, 6.45) is 0.575. The average molecular weight is 303 g/mol. The van der Waals surface area contributed by atoms with Crippen LogP contribution in [0.25, 0.3) is 0 Å². The fraction of sp³-hybridized carbons (Fsp3) is 0.188. The van der Waals surface area contributed by atoms with Crippen molar-refractivity contribution in [2.24, 2.45) is 0 Å².